The van der Waals surface area contributed by atoms with Crippen LogP contribution in [0.1, 0.15) is 42.0 Å². The van der Waals surface area contributed by atoms with Crippen LogP contribution in [0.4, 0.5) is 0 Å². The molecule has 0 aliphatic heterocycles. The van der Waals surface area contributed by atoms with Crippen LogP contribution >= 0.6 is 0 Å². The Balaban J connectivity index is 2.03. The Kier molecular flexibility index (Phi) is 3.84. The molecule has 0 saturated carbocycles. The number of rotatable bonds is 5. The zero-order chi connectivity index (χ0) is 14.8. The van der Waals surface area contributed by atoms with Gasteiger partial charge in [0.25, 0.3) is 0 Å². The van der Waals surface area contributed by atoms with Gasteiger partial charge in [0.2, 0.25) is 0 Å². The van der Waals surface area contributed by atoms with Crippen molar-refractivity contribution in [3.05, 3.63) is 59.2 Å². The molecule has 0 radical (unpaired) electrons. The fraction of sp³-hybridized carbons (Fsp3) is 0.333. The van der Waals surface area contributed by atoms with Crippen LogP contribution in [-0.4, -0.2) is 6.54 Å². The van der Waals surface area contributed by atoms with E-state index in [2.05, 4.69) is 49.5 Å². The molecule has 1 unspecified atom stereocenters. The van der Waals surface area contributed by atoms with E-state index >= 15 is 0 Å². The summed E-state index contributed by atoms with van der Waals surface area (Å²) in [5.41, 5.74) is 3.24. The maximum atomic E-state index is 6.12. The SMILES string of the molecule is CCCNC(c1coc(C)c1)c1cc2cccc(C)c2o1. The summed E-state index contributed by atoms with van der Waals surface area (Å²) in [5, 5.41) is 4.69. The molecule has 0 aliphatic carbocycles. The summed E-state index contributed by atoms with van der Waals surface area (Å²) in [7, 11) is 0. The topological polar surface area (TPSA) is 38.3 Å². The zero-order valence-corrected chi connectivity index (χ0v) is 12.8. The van der Waals surface area contributed by atoms with E-state index < -0.39 is 0 Å². The third-order valence-electron chi connectivity index (χ3n) is 3.73. The van der Waals surface area contributed by atoms with Gasteiger partial charge >= 0.3 is 0 Å². The van der Waals surface area contributed by atoms with Crippen LogP contribution in [0.5, 0.6) is 0 Å². The summed E-state index contributed by atoms with van der Waals surface area (Å²) in [5.74, 6) is 1.86. The van der Waals surface area contributed by atoms with Crippen LogP contribution in [-0.2, 0) is 0 Å². The maximum absolute atomic E-state index is 6.12. The Labute approximate surface area is 124 Å². The monoisotopic (exact) mass is 283 g/mol. The van der Waals surface area contributed by atoms with Crippen LogP contribution in [0.3, 0.4) is 0 Å². The van der Waals surface area contributed by atoms with Crippen LogP contribution < -0.4 is 5.32 Å². The molecule has 0 aliphatic rings. The van der Waals surface area contributed by atoms with Crippen molar-refractivity contribution in [1.29, 1.82) is 0 Å². The number of aryl methyl sites for hydroxylation is 2. The van der Waals surface area contributed by atoms with Crippen LogP contribution in [0.25, 0.3) is 11.0 Å². The zero-order valence-electron chi connectivity index (χ0n) is 12.8. The minimum absolute atomic E-state index is 0.0363. The van der Waals surface area contributed by atoms with Crippen molar-refractivity contribution in [2.45, 2.75) is 33.2 Å². The second kappa shape index (κ2) is 5.78. The Bertz CT molecular complexity index is 739. The largest absolute Gasteiger partial charge is 0.469 e. The Hall–Kier alpha value is -2.00. The van der Waals surface area contributed by atoms with Crippen molar-refractivity contribution in [1.82, 2.24) is 5.32 Å². The second-order valence-electron chi connectivity index (χ2n) is 5.52. The molecule has 1 atom stereocenters. The van der Waals surface area contributed by atoms with Gasteiger partial charge in [-0.05, 0) is 44.5 Å². The predicted octanol–water partition coefficient (Wildman–Crippen LogP) is 4.73. The van der Waals surface area contributed by atoms with Gasteiger partial charge in [-0.1, -0.05) is 25.1 Å². The summed E-state index contributed by atoms with van der Waals surface area (Å²) >= 11 is 0. The molecule has 0 spiro atoms. The number of para-hydroxylation sites is 1. The van der Waals surface area contributed by atoms with Crippen molar-refractivity contribution >= 4 is 11.0 Å². The van der Waals surface area contributed by atoms with Crippen molar-refractivity contribution in [3.63, 3.8) is 0 Å². The van der Waals surface area contributed by atoms with E-state index in [9.17, 15) is 0 Å². The summed E-state index contributed by atoms with van der Waals surface area (Å²) in [4.78, 5) is 0. The highest BCUT2D eigenvalue weighted by Gasteiger charge is 2.20. The van der Waals surface area contributed by atoms with E-state index in [1.807, 2.05) is 13.2 Å². The van der Waals surface area contributed by atoms with Gasteiger partial charge in [0.15, 0.2) is 0 Å². The van der Waals surface area contributed by atoms with Gasteiger partial charge in [-0.25, -0.2) is 0 Å². The predicted molar refractivity (Wildman–Crippen MR) is 84.5 cm³/mol. The third-order valence-corrected chi connectivity index (χ3v) is 3.73. The molecule has 3 heteroatoms. The maximum Gasteiger partial charge on any atom is 0.137 e. The highest BCUT2D eigenvalue weighted by atomic mass is 16.3. The minimum Gasteiger partial charge on any atom is -0.469 e. The van der Waals surface area contributed by atoms with Gasteiger partial charge in [0.05, 0.1) is 12.3 Å². The van der Waals surface area contributed by atoms with E-state index in [1.165, 1.54) is 0 Å². The molecule has 1 aromatic carbocycles. The fourth-order valence-corrected chi connectivity index (χ4v) is 2.66. The molecule has 110 valence electrons. The molecule has 0 amide bonds. The molecule has 0 bridgehead atoms. The van der Waals surface area contributed by atoms with Gasteiger partial charge in [-0.3, -0.25) is 0 Å². The van der Waals surface area contributed by atoms with Gasteiger partial charge in [0, 0.05) is 10.9 Å². The number of fused-ring (bicyclic) bond motifs is 1. The van der Waals surface area contributed by atoms with E-state index in [-0.39, 0.29) is 6.04 Å². The first kappa shape index (κ1) is 14.0. The molecule has 2 aromatic heterocycles. The Morgan fingerprint density at radius 2 is 2.05 bits per heavy atom. The van der Waals surface area contributed by atoms with E-state index in [1.54, 1.807) is 0 Å². The van der Waals surface area contributed by atoms with Crippen molar-refractivity contribution in [2.24, 2.45) is 0 Å². The van der Waals surface area contributed by atoms with E-state index in [4.69, 9.17) is 8.83 Å². The smallest absolute Gasteiger partial charge is 0.137 e. The number of hydrogen-bond donors (Lipinski definition) is 1. The first-order chi connectivity index (χ1) is 10.2. The molecular formula is C18H21NO2. The van der Waals surface area contributed by atoms with Crippen molar-refractivity contribution in [3.8, 4) is 0 Å². The molecule has 0 fully saturated rings. The summed E-state index contributed by atoms with van der Waals surface area (Å²) in [6.07, 6.45) is 2.88. The van der Waals surface area contributed by atoms with Crippen LogP contribution in [0, 0.1) is 13.8 Å². The number of furan rings is 2. The molecule has 21 heavy (non-hydrogen) atoms. The molecule has 2 heterocycles. The first-order valence-electron chi connectivity index (χ1n) is 7.46. The van der Waals surface area contributed by atoms with E-state index in [0.29, 0.717) is 0 Å². The molecule has 1 N–H and O–H groups in total. The van der Waals surface area contributed by atoms with Gasteiger partial charge in [0.1, 0.15) is 17.1 Å². The Morgan fingerprint density at radius 3 is 2.71 bits per heavy atom. The van der Waals surface area contributed by atoms with Gasteiger partial charge < -0.3 is 14.2 Å². The van der Waals surface area contributed by atoms with Crippen molar-refractivity contribution in [2.75, 3.05) is 6.54 Å². The third kappa shape index (κ3) is 2.74. The second-order valence-corrected chi connectivity index (χ2v) is 5.52. The first-order valence-corrected chi connectivity index (χ1v) is 7.46. The normalized spacial score (nSPS) is 12.9. The summed E-state index contributed by atoms with van der Waals surface area (Å²) in [6.45, 7) is 7.13. The average Bonchev–Trinajstić information content (AvgIpc) is 3.07. The van der Waals surface area contributed by atoms with Gasteiger partial charge in [-0.2, -0.15) is 0 Å². The fourth-order valence-electron chi connectivity index (χ4n) is 2.66. The van der Waals surface area contributed by atoms with Gasteiger partial charge in [-0.15, -0.1) is 0 Å². The van der Waals surface area contributed by atoms with Crippen molar-refractivity contribution < 1.29 is 8.83 Å². The lowest BCUT2D eigenvalue weighted by molar-refractivity contribution is 0.463. The lowest BCUT2D eigenvalue weighted by Crippen LogP contribution is -2.22. The highest BCUT2D eigenvalue weighted by Crippen LogP contribution is 2.30. The highest BCUT2D eigenvalue weighted by molar-refractivity contribution is 5.81. The average molecular weight is 283 g/mol. The number of nitrogens with one attached hydrogen (secondary N) is 1. The number of hydrogen-bond acceptors (Lipinski definition) is 3. The lowest BCUT2D eigenvalue weighted by atomic mass is 10.1. The number of benzene rings is 1. The molecule has 0 saturated heterocycles. The molecular weight excluding hydrogens is 262 g/mol. The Morgan fingerprint density at radius 1 is 1.19 bits per heavy atom. The summed E-state index contributed by atoms with van der Waals surface area (Å²) < 4.78 is 11.6. The molecule has 3 rings (SSSR count). The van der Waals surface area contributed by atoms with Crippen LogP contribution in [0.15, 0.2) is 45.4 Å². The van der Waals surface area contributed by atoms with Crippen LogP contribution in [0.2, 0.25) is 0 Å². The minimum atomic E-state index is 0.0363. The quantitative estimate of drug-likeness (QED) is 0.735. The van der Waals surface area contributed by atoms with E-state index in [0.717, 1.165) is 46.6 Å². The molecule has 3 nitrogen and oxygen atoms in total. The standard InChI is InChI=1S/C18H21NO2/c1-4-8-19-17(15-9-13(3)20-11-15)16-10-14-7-5-6-12(2)18(14)21-16/h5-7,9-11,17,19H,4,8H2,1-3H3. The lowest BCUT2D eigenvalue weighted by Gasteiger charge is -2.14. The molecule has 3 aromatic rings. The summed E-state index contributed by atoms with van der Waals surface area (Å²) in [6, 6.07) is 10.5.